The van der Waals surface area contributed by atoms with E-state index in [9.17, 15) is 19.1 Å². The quantitative estimate of drug-likeness (QED) is 0.418. The molecule has 10 nitrogen and oxygen atoms in total. The minimum Gasteiger partial charge on any atom is -0.491 e. The van der Waals surface area contributed by atoms with Gasteiger partial charge in [-0.2, -0.15) is 4.98 Å². The minimum atomic E-state index is -1.09. The molecule has 176 valence electrons. The van der Waals surface area contributed by atoms with Crippen LogP contribution in [0.15, 0.2) is 42.6 Å². The van der Waals surface area contributed by atoms with Crippen LogP contribution >= 0.6 is 11.6 Å². The number of carbonyl (C=O) groups is 2. The summed E-state index contributed by atoms with van der Waals surface area (Å²) in [7, 11) is 1.44. The minimum absolute atomic E-state index is 0.0691. The van der Waals surface area contributed by atoms with Gasteiger partial charge in [-0.1, -0.05) is 17.7 Å². The van der Waals surface area contributed by atoms with Gasteiger partial charge in [0.15, 0.2) is 5.82 Å². The van der Waals surface area contributed by atoms with Crippen molar-refractivity contribution in [2.75, 3.05) is 35.7 Å². The van der Waals surface area contributed by atoms with Gasteiger partial charge in [-0.05, 0) is 36.8 Å². The van der Waals surface area contributed by atoms with E-state index in [1.807, 2.05) is 0 Å². The first kappa shape index (κ1) is 23.1. The van der Waals surface area contributed by atoms with Crippen LogP contribution < -0.4 is 25.6 Å². The van der Waals surface area contributed by atoms with E-state index in [-0.39, 0.29) is 28.0 Å². The third-order valence-corrected chi connectivity index (χ3v) is 5.27. The molecule has 2 amide bonds. The number of ether oxygens (including phenoxy) is 1. The van der Waals surface area contributed by atoms with Crippen LogP contribution in [0.5, 0.6) is 5.75 Å². The Kier molecular flexibility index (Phi) is 6.64. The van der Waals surface area contributed by atoms with E-state index in [4.69, 9.17) is 16.3 Å². The number of carbonyl (C=O) groups excluding carboxylic acids is 1. The van der Waals surface area contributed by atoms with Gasteiger partial charge in [-0.25, -0.2) is 14.2 Å². The average Bonchev–Trinajstić information content (AvgIpc) is 3.04. The third kappa shape index (κ3) is 4.79. The molecule has 12 heteroatoms. The predicted octanol–water partition coefficient (Wildman–Crippen LogP) is 4.38. The van der Waals surface area contributed by atoms with Gasteiger partial charge in [-0.3, -0.25) is 9.69 Å². The Labute approximate surface area is 198 Å². The Morgan fingerprint density at radius 2 is 2.06 bits per heavy atom. The van der Waals surface area contributed by atoms with E-state index in [1.54, 1.807) is 18.2 Å². The smallest absolute Gasteiger partial charge is 0.411 e. The summed E-state index contributed by atoms with van der Waals surface area (Å²) in [6.45, 7) is 0.709. The molecule has 0 saturated carbocycles. The number of amides is 2. The topological polar surface area (TPSA) is 129 Å². The van der Waals surface area contributed by atoms with Crippen LogP contribution in [0.4, 0.5) is 38.0 Å². The molecule has 0 bridgehead atoms. The van der Waals surface area contributed by atoms with Gasteiger partial charge in [0.05, 0.1) is 29.7 Å². The lowest BCUT2D eigenvalue weighted by molar-refractivity contribution is 0.0963. The largest absolute Gasteiger partial charge is 0.491 e. The zero-order chi connectivity index (χ0) is 24.2. The lowest BCUT2D eigenvalue weighted by atomic mass is 10.1. The molecular formula is C22H20ClFN6O4. The van der Waals surface area contributed by atoms with Crippen LogP contribution in [-0.2, 0) is 0 Å². The summed E-state index contributed by atoms with van der Waals surface area (Å²) in [4.78, 5) is 33.4. The van der Waals surface area contributed by atoms with Crippen molar-refractivity contribution in [2.45, 2.75) is 6.42 Å². The van der Waals surface area contributed by atoms with Gasteiger partial charge in [0.25, 0.3) is 5.91 Å². The molecule has 0 fully saturated rings. The zero-order valence-corrected chi connectivity index (χ0v) is 18.7. The van der Waals surface area contributed by atoms with E-state index in [2.05, 4.69) is 25.9 Å². The first-order chi connectivity index (χ1) is 16.4. The number of hydrogen-bond acceptors (Lipinski definition) is 7. The third-order valence-electron chi connectivity index (χ3n) is 4.99. The van der Waals surface area contributed by atoms with Crippen LogP contribution in [0.1, 0.15) is 16.8 Å². The monoisotopic (exact) mass is 486 g/mol. The molecule has 0 aliphatic carbocycles. The Hall–Kier alpha value is -4.12. The number of nitrogens with zero attached hydrogens (tertiary/aromatic N) is 3. The van der Waals surface area contributed by atoms with Crippen LogP contribution in [0, 0.1) is 5.82 Å². The molecule has 0 atom stereocenters. The van der Waals surface area contributed by atoms with E-state index in [0.717, 1.165) is 0 Å². The summed E-state index contributed by atoms with van der Waals surface area (Å²) in [5.41, 5.74) is 0.878. The van der Waals surface area contributed by atoms with Crippen LogP contribution in [0.25, 0.3) is 0 Å². The Morgan fingerprint density at radius 1 is 1.24 bits per heavy atom. The number of benzene rings is 2. The molecule has 0 saturated heterocycles. The van der Waals surface area contributed by atoms with Gasteiger partial charge in [0.1, 0.15) is 16.6 Å². The second-order valence-electron chi connectivity index (χ2n) is 7.20. The average molecular weight is 487 g/mol. The highest BCUT2D eigenvalue weighted by atomic mass is 35.5. The molecule has 3 aromatic rings. The molecule has 1 aliphatic heterocycles. The fourth-order valence-electron chi connectivity index (χ4n) is 3.39. The molecule has 2 heterocycles. The van der Waals surface area contributed by atoms with Crippen molar-refractivity contribution < 1.29 is 23.8 Å². The Bertz CT molecular complexity index is 1260. The predicted molar refractivity (Wildman–Crippen MR) is 125 cm³/mol. The molecule has 1 aromatic heterocycles. The van der Waals surface area contributed by atoms with E-state index >= 15 is 0 Å². The van der Waals surface area contributed by atoms with E-state index < -0.39 is 17.8 Å². The summed E-state index contributed by atoms with van der Waals surface area (Å²) >= 11 is 6.21. The number of rotatable bonds is 5. The molecule has 2 aromatic carbocycles. The number of fused-ring (bicyclic) bond motifs is 1. The summed E-state index contributed by atoms with van der Waals surface area (Å²) in [5, 5.41) is 17.8. The highest BCUT2D eigenvalue weighted by Crippen LogP contribution is 2.35. The van der Waals surface area contributed by atoms with E-state index in [0.29, 0.717) is 36.7 Å². The number of carboxylic acid groups (broad SMARTS) is 1. The highest BCUT2D eigenvalue weighted by molar-refractivity contribution is 6.33. The number of aromatic nitrogens is 2. The number of hydrogen-bond donors (Lipinski definition) is 4. The summed E-state index contributed by atoms with van der Waals surface area (Å²) in [6, 6.07) is 9.04. The molecule has 1 aliphatic rings. The number of anilines is 5. The van der Waals surface area contributed by atoms with Crippen LogP contribution in [0.2, 0.25) is 5.02 Å². The SMILES string of the molecule is CNC(=O)c1cccc(F)c1Nc1nc(Nc2ccc3c(c2)N(C(=O)O)CCCO3)ncc1Cl. The maximum atomic E-state index is 14.5. The maximum absolute atomic E-state index is 14.5. The van der Waals surface area contributed by atoms with Crippen molar-refractivity contribution in [1.82, 2.24) is 15.3 Å². The fraction of sp³-hybridized carbons (Fsp3) is 0.182. The summed E-state index contributed by atoms with van der Waals surface area (Å²) in [5.74, 6) is -0.516. The fourth-order valence-corrected chi connectivity index (χ4v) is 3.53. The van der Waals surface area contributed by atoms with Crippen molar-refractivity contribution in [2.24, 2.45) is 0 Å². The number of halogens is 2. The van der Waals surface area contributed by atoms with Gasteiger partial charge < -0.3 is 25.8 Å². The van der Waals surface area contributed by atoms with Crippen LogP contribution in [-0.4, -0.2) is 47.3 Å². The standard InChI is InChI=1S/C22H20ClFN6O4/c1-25-20(31)13-4-2-5-15(24)18(13)28-19-14(23)11-26-21(29-19)27-12-6-7-17-16(10-12)30(22(32)33)8-3-9-34-17/h2,4-7,10-11H,3,8-9H2,1H3,(H,25,31)(H,32,33)(H2,26,27,28,29). The molecular weight excluding hydrogens is 467 g/mol. The maximum Gasteiger partial charge on any atom is 0.411 e. The molecule has 4 rings (SSSR count). The van der Waals surface area contributed by atoms with Crippen molar-refractivity contribution in [3.05, 3.63) is 59.0 Å². The Balaban J connectivity index is 1.63. The zero-order valence-electron chi connectivity index (χ0n) is 17.9. The highest BCUT2D eigenvalue weighted by Gasteiger charge is 2.22. The summed E-state index contributed by atoms with van der Waals surface area (Å²) in [6.07, 6.45) is 0.790. The van der Waals surface area contributed by atoms with Gasteiger partial charge in [-0.15, -0.1) is 0 Å². The van der Waals surface area contributed by atoms with Crippen molar-refractivity contribution in [3.8, 4) is 5.75 Å². The molecule has 0 unspecified atom stereocenters. The second-order valence-corrected chi connectivity index (χ2v) is 7.61. The van der Waals surface area contributed by atoms with Gasteiger partial charge >= 0.3 is 6.09 Å². The molecule has 4 N–H and O–H groups in total. The lowest BCUT2D eigenvalue weighted by Gasteiger charge is -2.19. The normalized spacial score (nSPS) is 12.7. The lowest BCUT2D eigenvalue weighted by Crippen LogP contribution is -2.29. The van der Waals surface area contributed by atoms with Crippen molar-refractivity contribution in [3.63, 3.8) is 0 Å². The van der Waals surface area contributed by atoms with Crippen molar-refractivity contribution >= 4 is 52.4 Å². The van der Waals surface area contributed by atoms with Gasteiger partial charge in [0, 0.05) is 19.3 Å². The second kappa shape index (κ2) is 9.79. The first-order valence-corrected chi connectivity index (χ1v) is 10.6. The number of para-hydroxylation sites is 1. The van der Waals surface area contributed by atoms with Crippen LogP contribution in [0.3, 0.4) is 0 Å². The van der Waals surface area contributed by atoms with E-state index in [1.165, 1.54) is 36.3 Å². The molecule has 0 spiro atoms. The van der Waals surface area contributed by atoms with Gasteiger partial charge in [0.2, 0.25) is 5.95 Å². The number of nitrogens with one attached hydrogen (secondary N) is 3. The first-order valence-electron chi connectivity index (χ1n) is 10.2. The summed E-state index contributed by atoms with van der Waals surface area (Å²) < 4.78 is 20.1. The molecule has 0 radical (unpaired) electrons. The Morgan fingerprint density at radius 3 is 2.82 bits per heavy atom. The molecule has 34 heavy (non-hydrogen) atoms. The van der Waals surface area contributed by atoms with Crippen molar-refractivity contribution in [1.29, 1.82) is 0 Å².